The molecule has 0 aromatic carbocycles. The molecular formula is C5H9NOS. The van der Waals surface area contributed by atoms with Crippen molar-refractivity contribution < 1.29 is 5.11 Å². The molecule has 3 N–H and O–H groups in total. The van der Waals surface area contributed by atoms with Crippen molar-refractivity contribution in [3.05, 3.63) is 11.8 Å². The van der Waals surface area contributed by atoms with Crippen molar-refractivity contribution in [1.29, 1.82) is 0 Å². The Bertz CT molecular complexity index is 109. The Hall–Kier alpha value is -0.410. The van der Waals surface area contributed by atoms with E-state index in [1.165, 1.54) is 11.6 Å². The molecule has 0 rings (SSSR count). The second-order valence-corrected chi connectivity index (χ2v) is 1.70. The molecule has 0 fully saturated rings. The molecule has 0 amide bonds. The SMILES string of the molecule is CC(O)C(C=S)=CN. The van der Waals surface area contributed by atoms with Crippen LogP contribution in [0.2, 0.25) is 0 Å². The smallest absolute Gasteiger partial charge is 0.0783 e. The second-order valence-electron chi connectivity index (χ2n) is 1.46. The Kier molecular flexibility index (Phi) is 3.39. The minimum atomic E-state index is -0.544. The van der Waals surface area contributed by atoms with Crippen LogP contribution in [0.1, 0.15) is 6.92 Å². The maximum absolute atomic E-state index is 8.77. The van der Waals surface area contributed by atoms with E-state index >= 15 is 0 Å². The minimum Gasteiger partial charge on any atom is -0.404 e. The average Bonchev–Trinajstić information content (AvgIpc) is 1.69. The summed E-state index contributed by atoms with van der Waals surface area (Å²) < 4.78 is 0. The Balaban J connectivity index is 3.91. The zero-order chi connectivity index (χ0) is 6.57. The van der Waals surface area contributed by atoms with E-state index in [1.807, 2.05) is 0 Å². The molecule has 0 heterocycles. The van der Waals surface area contributed by atoms with Gasteiger partial charge < -0.3 is 10.8 Å². The number of thiocarbonyl (C=S) groups is 1. The van der Waals surface area contributed by atoms with Crippen LogP contribution in [0.25, 0.3) is 0 Å². The van der Waals surface area contributed by atoms with Gasteiger partial charge in [-0.25, -0.2) is 0 Å². The van der Waals surface area contributed by atoms with Gasteiger partial charge in [0.2, 0.25) is 0 Å². The topological polar surface area (TPSA) is 46.2 Å². The molecule has 0 spiro atoms. The lowest BCUT2D eigenvalue weighted by atomic mass is 10.2. The monoisotopic (exact) mass is 131 g/mol. The molecule has 0 aromatic rings. The highest BCUT2D eigenvalue weighted by Gasteiger charge is 1.96. The van der Waals surface area contributed by atoms with Crippen LogP contribution in [-0.4, -0.2) is 16.6 Å². The largest absolute Gasteiger partial charge is 0.404 e. The Morgan fingerprint density at radius 1 is 1.88 bits per heavy atom. The summed E-state index contributed by atoms with van der Waals surface area (Å²) in [6.45, 7) is 1.61. The van der Waals surface area contributed by atoms with Gasteiger partial charge in [0.15, 0.2) is 0 Å². The van der Waals surface area contributed by atoms with Crippen LogP contribution in [0.4, 0.5) is 0 Å². The maximum atomic E-state index is 8.77. The summed E-state index contributed by atoms with van der Waals surface area (Å²) in [6, 6.07) is 0. The quantitative estimate of drug-likeness (QED) is 0.416. The van der Waals surface area contributed by atoms with Gasteiger partial charge in [-0.3, -0.25) is 0 Å². The fourth-order valence-electron chi connectivity index (χ4n) is 0.277. The van der Waals surface area contributed by atoms with Crippen molar-refractivity contribution in [3.8, 4) is 0 Å². The van der Waals surface area contributed by atoms with Crippen LogP contribution >= 0.6 is 12.2 Å². The van der Waals surface area contributed by atoms with E-state index in [0.717, 1.165) is 0 Å². The zero-order valence-electron chi connectivity index (χ0n) is 4.66. The third-order valence-corrected chi connectivity index (χ3v) is 1.08. The Labute approximate surface area is 54.0 Å². The summed E-state index contributed by atoms with van der Waals surface area (Å²) in [7, 11) is 0. The molecule has 0 aliphatic heterocycles. The van der Waals surface area contributed by atoms with E-state index in [9.17, 15) is 0 Å². The van der Waals surface area contributed by atoms with Crippen molar-refractivity contribution in [3.63, 3.8) is 0 Å². The predicted molar refractivity (Wildman–Crippen MR) is 37.6 cm³/mol. The molecule has 1 unspecified atom stereocenters. The second kappa shape index (κ2) is 3.57. The molecule has 2 nitrogen and oxygen atoms in total. The summed E-state index contributed by atoms with van der Waals surface area (Å²) in [4.78, 5) is 0. The average molecular weight is 131 g/mol. The summed E-state index contributed by atoms with van der Waals surface area (Å²) in [5, 5.41) is 10.1. The van der Waals surface area contributed by atoms with Crippen LogP contribution in [0, 0.1) is 0 Å². The summed E-state index contributed by atoms with van der Waals surface area (Å²) >= 11 is 4.52. The van der Waals surface area contributed by atoms with Gasteiger partial charge in [-0.15, -0.1) is 0 Å². The summed E-state index contributed by atoms with van der Waals surface area (Å²) in [5.41, 5.74) is 5.65. The molecule has 8 heavy (non-hydrogen) atoms. The zero-order valence-corrected chi connectivity index (χ0v) is 5.48. The molecule has 0 aromatic heterocycles. The first-order valence-electron chi connectivity index (χ1n) is 2.27. The molecule has 0 saturated heterocycles. The highest BCUT2D eigenvalue weighted by molar-refractivity contribution is 7.79. The molecule has 0 radical (unpaired) electrons. The van der Waals surface area contributed by atoms with Crippen LogP contribution in [0.15, 0.2) is 11.8 Å². The molecule has 0 saturated carbocycles. The molecule has 46 valence electrons. The lowest BCUT2D eigenvalue weighted by Gasteiger charge is -1.99. The first-order valence-corrected chi connectivity index (χ1v) is 2.74. The molecular weight excluding hydrogens is 122 g/mol. The van der Waals surface area contributed by atoms with Gasteiger partial charge in [0.1, 0.15) is 0 Å². The first-order chi connectivity index (χ1) is 3.72. The summed E-state index contributed by atoms with van der Waals surface area (Å²) in [6.07, 6.45) is 0.759. The number of aliphatic hydroxyl groups excluding tert-OH is 1. The molecule has 0 aliphatic carbocycles. The highest BCUT2D eigenvalue weighted by atomic mass is 32.1. The lowest BCUT2D eigenvalue weighted by Crippen LogP contribution is -2.06. The molecule has 0 bridgehead atoms. The van der Waals surface area contributed by atoms with E-state index in [0.29, 0.717) is 5.57 Å². The van der Waals surface area contributed by atoms with Crippen LogP contribution < -0.4 is 5.73 Å². The van der Waals surface area contributed by atoms with Gasteiger partial charge in [0.05, 0.1) is 6.10 Å². The number of hydrogen-bond donors (Lipinski definition) is 2. The first kappa shape index (κ1) is 7.59. The third-order valence-electron chi connectivity index (χ3n) is 0.811. The van der Waals surface area contributed by atoms with Gasteiger partial charge in [0, 0.05) is 17.1 Å². The highest BCUT2D eigenvalue weighted by Crippen LogP contribution is 1.94. The minimum absolute atomic E-state index is 0.544. The van der Waals surface area contributed by atoms with E-state index < -0.39 is 6.10 Å². The van der Waals surface area contributed by atoms with Crippen molar-refractivity contribution in [1.82, 2.24) is 0 Å². The van der Waals surface area contributed by atoms with E-state index in [1.54, 1.807) is 6.92 Å². The van der Waals surface area contributed by atoms with Crippen molar-refractivity contribution in [2.75, 3.05) is 0 Å². The predicted octanol–water partition coefficient (Wildman–Crippen LogP) is 0.210. The number of rotatable bonds is 2. The Morgan fingerprint density at radius 2 is 2.38 bits per heavy atom. The molecule has 3 heteroatoms. The Morgan fingerprint density at radius 3 is 2.38 bits per heavy atom. The van der Waals surface area contributed by atoms with Gasteiger partial charge in [-0.05, 0) is 6.92 Å². The van der Waals surface area contributed by atoms with Gasteiger partial charge in [-0.2, -0.15) is 0 Å². The maximum Gasteiger partial charge on any atom is 0.0783 e. The summed E-state index contributed by atoms with van der Waals surface area (Å²) in [5.74, 6) is 0. The molecule has 0 aliphatic rings. The van der Waals surface area contributed by atoms with Gasteiger partial charge >= 0.3 is 0 Å². The van der Waals surface area contributed by atoms with Crippen LogP contribution in [0.3, 0.4) is 0 Å². The van der Waals surface area contributed by atoms with Crippen molar-refractivity contribution in [2.24, 2.45) is 5.73 Å². The fourth-order valence-corrected chi connectivity index (χ4v) is 0.553. The van der Waals surface area contributed by atoms with Crippen LogP contribution in [0.5, 0.6) is 0 Å². The van der Waals surface area contributed by atoms with Crippen molar-refractivity contribution >= 4 is 17.6 Å². The lowest BCUT2D eigenvalue weighted by molar-refractivity contribution is 0.238. The number of nitrogens with two attached hydrogens (primary N) is 1. The van der Waals surface area contributed by atoms with Crippen molar-refractivity contribution in [2.45, 2.75) is 13.0 Å². The van der Waals surface area contributed by atoms with Gasteiger partial charge in [0.25, 0.3) is 0 Å². The van der Waals surface area contributed by atoms with E-state index in [4.69, 9.17) is 10.8 Å². The normalized spacial score (nSPS) is 15.5. The number of hydrogen-bond acceptors (Lipinski definition) is 3. The van der Waals surface area contributed by atoms with Crippen LogP contribution in [-0.2, 0) is 0 Å². The molecule has 1 atom stereocenters. The van der Waals surface area contributed by atoms with E-state index in [2.05, 4.69) is 12.2 Å². The third kappa shape index (κ3) is 2.04. The number of aliphatic hydroxyl groups is 1. The standard InChI is InChI=1S/C5H9NOS/c1-4(7)5(2-6)3-8/h2-4,7H,6H2,1H3. The van der Waals surface area contributed by atoms with Gasteiger partial charge in [-0.1, -0.05) is 12.2 Å². The fraction of sp³-hybridized carbons (Fsp3) is 0.400. The van der Waals surface area contributed by atoms with E-state index in [-0.39, 0.29) is 0 Å².